The van der Waals surface area contributed by atoms with Crippen molar-refractivity contribution < 1.29 is 19.1 Å². The summed E-state index contributed by atoms with van der Waals surface area (Å²) >= 11 is 0. The Morgan fingerprint density at radius 2 is 2.00 bits per heavy atom. The van der Waals surface area contributed by atoms with E-state index in [9.17, 15) is 14.4 Å². The molecule has 0 radical (unpaired) electrons. The zero-order chi connectivity index (χ0) is 18.7. The molecule has 1 aromatic heterocycles. The zero-order valence-corrected chi connectivity index (χ0v) is 15.2. The fourth-order valence-corrected chi connectivity index (χ4v) is 3.45. The molecule has 138 valence electrons. The first-order valence-electron chi connectivity index (χ1n) is 9.06. The van der Waals surface area contributed by atoms with Gasteiger partial charge in [0.1, 0.15) is 6.54 Å². The molecular weight excluding hydrogens is 332 g/mol. The molecular formula is C20H24N2O4. The number of H-pyrrole nitrogens is 1. The molecule has 1 saturated heterocycles. The van der Waals surface area contributed by atoms with E-state index in [4.69, 9.17) is 4.74 Å². The van der Waals surface area contributed by atoms with Crippen molar-refractivity contribution in [1.82, 2.24) is 9.88 Å². The van der Waals surface area contributed by atoms with Crippen molar-refractivity contribution in [3.8, 4) is 0 Å². The minimum atomic E-state index is -0.900. The van der Waals surface area contributed by atoms with E-state index in [0.717, 1.165) is 35.9 Å². The molecule has 3 rings (SSSR count). The third-order valence-corrected chi connectivity index (χ3v) is 4.81. The van der Waals surface area contributed by atoms with Gasteiger partial charge in [0.2, 0.25) is 11.7 Å². The lowest BCUT2D eigenvalue weighted by molar-refractivity contribution is -0.151. The Hall–Kier alpha value is -2.63. The van der Waals surface area contributed by atoms with Gasteiger partial charge in [0.15, 0.2) is 6.10 Å². The van der Waals surface area contributed by atoms with E-state index < -0.39 is 12.1 Å². The van der Waals surface area contributed by atoms with Crippen LogP contribution in [0.25, 0.3) is 10.9 Å². The molecule has 1 N–H and O–H groups in total. The summed E-state index contributed by atoms with van der Waals surface area (Å²) in [5.41, 5.74) is 2.18. The number of para-hydroxylation sites is 1. The summed E-state index contributed by atoms with van der Waals surface area (Å²) in [5, 5.41) is 0.820. The Bertz CT molecular complexity index is 839. The van der Waals surface area contributed by atoms with Crippen LogP contribution < -0.4 is 0 Å². The van der Waals surface area contributed by atoms with E-state index in [1.54, 1.807) is 6.92 Å². The van der Waals surface area contributed by atoms with Crippen LogP contribution in [0.2, 0.25) is 0 Å². The average molecular weight is 356 g/mol. The molecule has 0 spiro atoms. The first-order chi connectivity index (χ1) is 12.5. The predicted octanol–water partition coefficient (Wildman–Crippen LogP) is 2.99. The summed E-state index contributed by atoms with van der Waals surface area (Å²) in [6.45, 7) is 3.88. The highest BCUT2D eigenvalue weighted by molar-refractivity contribution is 6.11. The number of nitrogens with one attached hydrogen (secondary N) is 1. The normalized spacial score (nSPS) is 16.4. The number of fused-ring (bicyclic) bond motifs is 1. The second-order valence-electron chi connectivity index (χ2n) is 6.79. The highest BCUT2D eigenvalue weighted by Gasteiger charge is 2.26. The fourth-order valence-electron chi connectivity index (χ4n) is 3.45. The maximum absolute atomic E-state index is 12.8. The maximum Gasteiger partial charge on any atom is 0.326 e. The van der Waals surface area contributed by atoms with E-state index in [1.807, 2.05) is 31.2 Å². The van der Waals surface area contributed by atoms with Crippen LogP contribution in [0.5, 0.6) is 0 Å². The number of likely N-dealkylation sites (tertiary alicyclic amines) is 1. The number of aromatic nitrogens is 1. The highest BCUT2D eigenvalue weighted by atomic mass is 16.5. The third-order valence-electron chi connectivity index (χ3n) is 4.81. The lowest BCUT2D eigenvalue weighted by atomic mass is 10.0. The number of Topliss-reactive ketones (excluding diaryl/α,β-unsaturated/α-hetero) is 1. The van der Waals surface area contributed by atoms with Crippen LogP contribution in [0.4, 0.5) is 0 Å². The van der Waals surface area contributed by atoms with Gasteiger partial charge < -0.3 is 14.6 Å². The van der Waals surface area contributed by atoms with Gasteiger partial charge in [0.25, 0.3) is 0 Å². The Balaban J connectivity index is 1.67. The molecule has 6 nitrogen and oxygen atoms in total. The number of benzene rings is 1. The number of aryl methyl sites for hydroxylation is 1. The average Bonchev–Trinajstić information content (AvgIpc) is 2.81. The highest BCUT2D eigenvalue weighted by Crippen LogP contribution is 2.24. The van der Waals surface area contributed by atoms with Crippen molar-refractivity contribution in [2.24, 2.45) is 0 Å². The maximum atomic E-state index is 12.8. The Morgan fingerprint density at radius 1 is 1.23 bits per heavy atom. The molecule has 0 saturated carbocycles. The van der Waals surface area contributed by atoms with Gasteiger partial charge in [-0.1, -0.05) is 24.6 Å². The molecule has 2 aromatic rings. The minimum absolute atomic E-state index is 0.0223. The van der Waals surface area contributed by atoms with Crippen LogP contribution in [0.3, 0.4) is 0 Å². The smallest absolute Gasteiger partial charge is 0.326 e. The predicted molar refractivity (Wildman–Crippen MR) is 98.0 cm³/mol. The van der Waals surface area contributed by atoms with Gasteiger partial charge in [-0.15, -0.1) is 0 Å². The van der Waals surface area contributed by atoms with Crippen molar-refractivity contribution in [3.05, 3.63) is 35.5 Å². The van der Waals surface area contributed by atoms with Crippen LogP contribution in [0.15, 0.2) is 24.3 Å². The lowest BCUT2D eigenvalue weighted by Crippen LogP contribution is -2.38. The topological polar surface area (TPSA) is 79.5 Å². The first-order valence-corrected chi connectivity index (χ1v) is 9.06. The first kappa shape index (κ1) is 18.2. The SMILES string of the molecule is Cc1[nH]c2ccccc2c1C(=O)[C@H](C)OC(=O)CN1CCCCCC1=O. The fraction of sp³-hybridized carbons (Fsp3) is 0.450. The molecule has 0 unspecified atom stereocenters. The third kappa shape index (κ3) is 3.79. The Labute approximate surface area is 152 Å². The van der Waals surface area contributed by atoms with Gasteiger partial charge >= 0.3 is 5.97 Å². The quantitative estimate of drug-likeness (QED) is 0.660. The van der Waals surface area contributed by atoms with E-state index >= 15 is 0 Å². The van der Waals surface area contributed by atoms with Crippen LogP contribution >= 0.6 is 0 Å². The number of ether oxygens (including phenoxy) is 1. The number of hydrogen-bond acceptors (Lipinski definition) is 4. The van der Waals surface area contributed by atoms with Crippen molar-refractivity contribution in [3.63, 3.8) is 0 Å². The van der Waals surface area contributed by atoms with Crippen molar-refractivity contribution in [2.75, 3.05) is 13.1 Å². The molecule has 6 heteroatoms. The van der Waals surface area contributed by atoms with Crippen LogP contribution in [-0.2, 0) is 14.3 Å². The van der Waals surface area contributed by atoms with Gasteiger partial charge in [-0.25, -0.2) is 0 Å². The summed E-state index contributed by atoms with van der Waals surface area (Å²) < 4.78 is 5.34. The molecule has 1 atom stereocenters. The molecule has 26 heavy (non-hydrogen) atoms. The lowest BCUT2D eigenvalue weighted by Gasteiger charge is -2.20. The van der Waals surface area contributed by atoms with Crippen LogP contribution in [0.1, 0.15) is 48.7 Å². The number of ketones is 1. The van der Waals surface area contributed by atoms with Gasteiger partial charge in [0, 0.05) is 35.1 Å². The molecule has 1 fully saturated rings. The van der Waals surface area contributed by atoms with Gasteiger partial charge in [-0.3, -0.25) is 14.4 Å². The molecule has 2 heterocycles. The van der Waals surface area contributed by atoms with E-state index in [1.165, 1.54) is 4.90 Å². The number of hydrogen-bond donors (Lipinski definition) is 1. The second-order valence-corrected chi connectivity index (χ2v) is 6.79. The van der Waals surface area contributed by atoms with Gasteiger partial charge in [0.05, 0.1) is 0 Å². The number of carbonyl (C=O) groups excluding carboxylic acids is 3. The number of amides is 1. The van der Waals surface area contributed by atoms with Crippen molar-refractivity contribution in [1.29, 1.82) is 0 Å². The monoisotopic (exact) mass is 356 g/mol. The Morgan fingerprint density at radius 3 is 2.81 bits per heavy atom. The molecule has 0 bridgehead atoms. The summed E-state index contributed by atoms with van der Waals surface area (Å²) in [7, 11) is 0. The summed E-state index contributed by atoms with van der Waals surface area (Å²) in [4.78, 5) is 41.7. The summed E-state index contributed by atoms with van der Waals surface area (Å²) in [5.74, 6) is -0.806. The summed E-state index contributed by atoms with van der Waals surface area (Å²) in [6, 6.07) is 7.54. The molecule has 1 amide bonds. The van der Waals surface area contributed by atoms with Crippen molar-refractivity contribution in [2.45, 2.75) is 45.6 Å². The minimum Gasteiger partial charge on any atom is -0.453 e. The van der Waals surface area contributed by atoms with E-state index in [0.29, 0.717) is 18.5 Å². The van der Waals surface area contributed by atoms with Crippen LogP contribution in [0, 0.1) is 6.92 Å². The number of aromatic amines is 1. The van der Waals surface area contributed by atoms with Gasteiger partial charge in [-0.05, 0) is 32.8 Å². The number of esters is 1. The summed E-state index contributed by atoms with van der Waals surface area (Å²) in [6.07, 6.45) is 2.31. The molecule has 1 aliphatic rings. The largest absolute Gasteiger partial charge is 0.453 e. The van der Waals surface area contributed by atoms with E-state index in [-0.39, 0.29) is 18.2 Å². The number of carbonyl (C=O) groups is 3. The number of rotatable bonds is 5. The van der Waals surface area contributed by atoms with Gasteiger partial charge in [-0.2, -0.15) is 0 Å². The zero-order valence-electron chi connectivity index (χ0n) is 15.2. The molecule has 1 aliphatic heterocycles. The van der Waals surface area contributed by atoms with Crippen LogP contribution in [-0.4, -0.2) is 46.7 Å². The number of nitrogens with zero attached hydrogens (tertiary/aromatic N) is 1. The standard InChI is InChI=1S/C20H24N2O4/c1-13-19(15-8-5-6-9-16(15)21-13)20(25)14(2)26-18(24)12-22-11-7-3-4-10-17(22)23/h5-6,8-9,14,21H,3-4,7,10-12H2,1-2H3/t14-/m0/s1. The van der Waals surface area contributed by atoms with E-state index in [2.05, 4.69) is 4.98 Å². The van der Waals surface area contributed by atoms with Crippen molar-refractivity contribution >= 4 is 28.6 Å². The second kappa shape index (κ2) is 7.72. The molecule has 0 aliphatic carbocycles. The Kier molecular flexibility index (Phi) is 5.40. The molecule has 1 aromatic carbocycles.